The Morgan fingerprint density at radius 2 is 1.95 bits per heavy atom. The molecule has 1 amide bonds. The summed E-state index contributed by atoms with van der Waals surface area (Å²) in [4.78, 5) is 25.6. The van der Waals surface area contributed by atoms with E-state index in [2.05, 4.69) is 5.16 Å². The van der Waals surface area contributed by atoms with E-state index in [0.29, 0.717) is 39.7 Å². The third-order valence-electron chi connectivity index (χ3n) is 7.71. The van der Waals surface area contributed by atoms with E-state index in [4.69, 9.17) is 37.6 Å². The van der Waals surface area contributed by atoms with Crippen LogP contribution in [-0.4, -0.2) is 34.3 Å². The van der Waals surface area contributed by atoms with Gasteiger partial charge in [0.05, 0.1) is 34.4 Å². The maximum Gasteiger partial charge on any atom is 0.303 e. The number of carboxylic acid groups (broad SMARTS) is 1. The summed E-state index contributed by atoms with van der Waals surface area (Å²) in [5.74, 6) is -0.934. The predicted molar refractivity (Wildman–Crippen MR) is 139 cm³/mol. The first-order valence-electron chi connectivity index (χ1n) is 12.7. The molecule has 1 saturated heterocycles. The second-order valence-electron chi connectivity index (χ2n) is 10.2. The predicted octanol–water partition coefficient (Wildman–Crippen LogP) is 6.39. The van der Waals surface area contributed by atoms with Gasteiger partial charge in [-0.2, -0.15) is 0 Å². The fourth-order valence-corrected chi connectivity index (χ4v) is 6.27. The molecule has 2 saturated carbocycles. The highest BCUT2D eigenvalue weighted by atomic mass is 35.5. The van der Waals surface area contributed by atoms with Crippen LogP contribution in [0, 0.1) is 11.7 Å². The van der Waals surface area contributed by atoms with E-state index >= 15 is 0 Å². The molecule has 3 fully saturated rings. The molecule has 2 aromatic carbocycles. The quantitative estimate of drug-likeness (QED) is 0.327. The number of halogens is 3. The van der Waals surface area contributed by atoms with Gasteiger partial charge in [0.1, 0.15) is 17.3 Å². The van der Waals surface area contributed by atoms with Crippen LogP contribution in [-0.2, 0) is 27.4 Å². The average molecular weight is 559 g/mol. The molecule has 0 unspecified atom stereocenters. The molecule has 1 N–H and O–H groups in total. The number of benzene rings is 2. The van der Waals surface area contributed by atoms with Crippen LogP contribution >= 0.6 is 23.2 Å². The zero-order chi connectivity index (χ0) is 26.6. The molecule has 3 atom stereocenters. The minimum Gasteiger partial charge on any atom is -0.481 e. The van der Waals surface area contributed by atoms with Crippen molar-refractivity contribution in [1.82, 2.24) is 5.16 Å². The van der Waals surface area contributed by atoms with Gasteiger partial charge in [-0.1, -0.05) is 40.5 Å². The Bertz CT molecular complexity index is 1400. The van der Waals surface area contributed by atoms with Gasteiger partial charge >= 0.3 is 5.97 Å². The first-order chi connectivity index (χ1) is 18.3. The van der Waals surface area contributed by atoms with Crippen molar-refractivity contribution >= 4 is 40.8 Å². The zero-order valence-electron chi connectivity index (χ0n) is 20.3. The molecule has 6 rings (SSSR count). The van der Waals surface area contributed by atoms with Crippen molar-refractivity contribution in [3.8, 4) is 11.3 Å². The lowest BCUT2D eigenvalue weighted by molar-refractivity contribution is -0.137. The summed E-state index contributed by atoms with van der Waals surface area (Å²) >= 11 is 12.9. The molecule has 38 heavy (non-hydrogen) atoms. The number of aliphatic carboxylic acids is 1. The van der Waals surface area contributed by atoms with Crippen molar-refractivity contribution in [2.24, 2.45) is 5.92 Å². The van der Waals surface area contributed by atoms with E-state index in [1.807, 2.05) is 0 Å². The molecular weight excluding hydrogens is 534 g/mol. The largest absolute Gasteiger partial charge is 0.481 e. The number of piperidine rings is 1. The number of carbonyl (C=O) groups is 2. The molecule has 3 aromatic rings. The molecule has 3 aliphatic rings. The molecule has 7 nitrogen and oxygen atoms in total. The number of rotatable bonds is 9. The SMILES string of the molecule is O=C(O)CCc1ccc(N2C(=O)[C@@H]3C[C@H]2C[C@H]3OCc2c(-c3c(Cl)cccc3Cl)noc2C2CC2)c(F)c1. The number of amides is 1. The lowest BCUT2D eigenvalue weighted by atomic mass is 10.0. The van der Waals surface area contributed by atoms with Crippen LogP contribution < -0.4 is 4.90 Å². The molecule has 10 heteroatoms. The van der Waals surface area contributed by atoms with Crippen molar-refractivity contribution in [2.45, 2.75) is 63.2 Å². The first-order valence-corrected chi connectivity index (χ1v) is 13.4. The Hall–Kier alpha value is -2.94. The number of aromatic nitrogens is 1. The van der Waals surface area contributed by atoms with Crippen molar-refractivity contribution in [2.75, 3.05) is 4.90 Å². The molecule has 2 bridgehead atoms. The van der Waals surface area contributed by atoms with Gasteiger partial charge in [-0.3, -0.25) is 9.59 Å². The van der Waals surface area contributed by atoms with Gasteiger partial charge in [-0.05, 0) is 61.9 Å². The third-order valence-corrected chi connectivity index (χ3v) is 8.34. The minimum atomic E-state index is -0.940. The lowest BCUT2D eigenvalue weighted by Crippen LogP contribution is -2.43. The topological polar surface area (TPSA) is 92.9 Å². The number of aryl methyl sites for hydroxylation is 1. The highest BCUT2D eigenvalue weighted by Crippen LogP contribution is 2.48. The summed E-state index contributed by atoms with van der Waals surface area (Å²) in [6, 6.07) is 9.67. The highest BCUT2D eigenvalue weighted by Gasteiger charge is 2.52. The van der Waals surface area contributed by atoms with Crippen molar-refractivity contribution in [1.29, 1.82) is 0 Å². The number of carbonyl (C=O) groups excluding carboxylic acids is 1. The normalized spacial score (nSPS) is 22.4. The smallest absolute Gasteiger partial charge is 0.303 e. The number of ether oxygens (including phenoxy) is 1. The van der Waals surface area contributed by atoms with E-state index < -0.39 is 11.8 Å². The van der Waals surface area contributed by atoms with Crippen molar-refractivity contribution < 1.29 is 28.3 Å². The van der Waals surface area contributed by atoms with Gasteiger partial charge in [-0.25, -0.2) is 4.39 Å². The van der Waals surface area contributed by atoms with Crippen molar-refractivity contribution in [3.05, 3.63) is 69.1 Å². The van der Waals surface area contributed by atoms with Gasteiger partial charge in [0.15, 0.2) is 0 Å². The molecule has 198 valence electrons. The molecule has 0 spiro atoms. The second kappa shape index (κ2) is 9.98. The van der Waals surface area contributed by atoms with Gasteiger partial charge in [0.25, 0.3) is 0 Å². The number of hydrogen-bond acceptors (Lipinski definition) is 5. The van der Waals surface area contributed by atoms with Gasteiger partial charge in [-0.15, -0.1) is 0 Å². The Morgan fingerprint density at radius 1 is 1.18 bits per heavy atom. The Balaban J connectivity index is 1.18. The Morgan fingerprint density at radius 3 is 2.61 bits per heavy atom. The van der Waals surface area contributed by atoms with Crippen LogP contribution in [0.25, 0.3) is 11.3 Å². The van der Waals surface area contributed by atoms with Crippen LogP contribution in [0.2, 0.25) is 10.0 Å². The summed E-state index contributed by atoms with van der Waals surface area (Å²) < 4.78 is 27.0. The fourth-order valence-electron chi connectivity index (χ4n) is 5.69. The van der Waals surface area contributed by atoms with Crippen LogP contribution in [0.15, 0.2) is 40.9 Å². The summed E-state index contributed by atoms with van der Waals surface area (Å²) in [6.07, 6.45) is 3.05. The Kier molecular flexibility index (Phi) is 6.66. The van der Waals surface area contributed by atoms with E-state index in [9.17, 15) is 14.0 Å². The maximum atomic E-state index is 14.9. The van der Waals surface area contributed by atoms with Crippen LogP contribution in [0.3, 0.4) is 0 Å². The summed E-state index contributed by atoms with van der Waals surface area (Å²) in [7, 11) is 0. The number of anilines is 1. The average Bonchev–Trinajstić information content (AvgIpc) is 3.39. The number of hydrogen-bond donors (Lipinski definition) is 1. The first kappa shape index (κ1) is 25.3. The zero-order valence-corrected chi connectivity index (χ0v) is 21.8. The van der Waals surface area contributed by atoms with Gasteiger partial charge in [0.2, 0.25) is 5.91 Å². The molecule has 1 aromatic heterocycles. The van der Waals surface area contributed by atoms with Crippen LogP contribution in [0.4, 0.5) is 10.1 Å². The lowest BCUT2D eigenvalue weighted by Gasteiger charge is -2.31. The molecule has 1 aliphatic heterocycles. The summed E-state index contributed by atoms with van der Waals surface area (Å²) in [5, 5.41) is 14.1. The number of carboxylic acids is 1. The monoisotopic (exact) mass is 558 g/mol. The molecule has 0 radical (unpaired) electrons. The van der Waals surface area contributed by atoms with Gasteiger partial charge in [0, 0.05) is 29.5 Å². The summed E-state index contributed by atoms with van der Waals surface area (Å²) in [5.41, 5.74) is 2.77. The maximum absolute atomic E-state index is 14.9. The third kappa shape index (κ3) is 4.59. The van der Waals surface area contributed by atoms with Crippen LogP contribution in [0.1, 0.15) is 54.9 Å². The standard InChI is InChI=1S/C28H25Cl2FN2O5/c29-19-2-1-3-20(30)25(19)26-18(27(38-32-26)15-6-7-15)13-37-23-12-16-11-17(23)28(36)33(16)22-8-4-14(10-21(22)31)5-9-24(34)35/h1-4,8,10,15-17,23H,5-7,9,11-13H2,(H,34,35)/t16-,17+,23+/m0/s1. The second-order valence-corrected chi connectivity index (χ2v) is 11.0. The minimum absolute atomic E-state index is 0.0792. The number of nitrogens with zero attached hydrogens (tertiary/aromatic N) is 2. The highest BCUT2D eigenvalue weighted by molar-refractivity contribution is 6.39. The fraction of sp³-hybridized carbons (Fsp3) is 0.393. The van der Waals surface area contributed by atoms with Gasteiger partial charge < -0.3 is 19.3 Å². The van der Waals surface area contributed by atoms with E-state index in [1.54, 1.807) is 30.3 Å². The van der Waals surface area contributed by atoms with E-state index in [-0.39, 0.29) is 55.0 Å². The van der Waals surface area contributed by atoms with E-state index in [1.165, 1.54) is 11.0 Å². The Labute approximate surface area is 228 Å². The molecular formula is C28H25Cl2FN2O5. The number of fused-ring (bicyclic) bond motifs is 2. The van der Waals surface area contributed by atoms with Crippen molar-refractivity contribution in [3.63, 3.8) is 0 Å². The molecule has 2 aliphatic carbocycles. The van der Waals surface area contributed by atoms with E-state index in [0.717, 1.165) is 24.2 Å². The molecule has 2 heterocycles. The van der Waals surface area contributed by atoms with Crippen LogP contribution in [0.5, 0.6) is 0 Å². The summed E-state index contributed by atoms with van der Waals surface area (Å²) in [6.45, 7) is 0.208.